The third-order valence-corrected chi connectivity index (χ3v) is 7.85. The largest absolute Gasteiger partial charge is 0.494 e. The van der Waals surface area contributed by atoms with Crippen molar-refractivity contribution in [2.75, 3.05) is 11.9 Å². The Balaban J connectivity index is 1.35. The molecular weight excluding hydrogens is 490 g/mol. The number of aryl methyl sites for hydroxylation is 1. The second-order valence-electron chi connectivity index (χ2n) is 11.6. The van der Waals surface area contributed by atoms with E-state index in [1.54, 1.807) is 0 Å². The van der Waals surface area contributed by atoms with E-state index in [2.05, 4.69) is 36.5 Å². The molecule has 0 bridgehead atoms. The topological polar surface area (TPSA) is 38.3 Å². The van der Waals surface area contributed by atoms with Crippen LogP contribution in [0, 0.1) is 0 Å². The average Bonchev–Trinajstić information content (AvgIpc) is 2.97. The van der Waals surface area contributed by atoms with Crippen molar-refractivity contribution in [2.24, 2.45) is 0 Å². The minimum Gasteiger partial charge on any atom is -0.494 e. The highest BCUT2D eigenvalue weighted by molar-refractivity contribution is 5.90. The van der Waals surface area contributed by atoms with Gasteiger partial charge in [0.25, 0.3) is 0 Å². The maximum Gasteiger partial charge on any atom is 0.224 e. The molecule has 0 aromatic heterocycles. The monoisotopic (exact) mass is 549 g/mol. The first-order valence-electron chi connectivity index (χ1n) is 16.8. The molecule has 0 aliphatic rings. The number of hydrogen-bond acceptors (Lipinski definition) is 2. The zero-order valence-electron chi connectivity index (χ0n) is 25.8. The number of benzene rings is 2. The SMILES string of the molecule is CCCCCCCCCCCCCCCCCCCCCC(=O)Nc1cccc(OCCCc2ccccc2)c1. The van der Waals surface area contributed by atoms with Gasteiger partial charge < -0.3 is 10.1 Å². The molecule has 0 atom stereocenters. The van der Waals surface area contributed by atoms with Crippen molar-refractivity contribution in [3.05, 3.63) is 60.2 Å². The molecule has 2 aromatic carbocycles. The number of unbranched alkanes of at least 4 members (excludes halogenated alkanes) is 18. The molecule has 0 aliphatic carbocycles. The number of nitrogens with one attached hydrogen (secondary N) is 1. The van der Waals surface area contributed by atoms with Gasteiger partial charge in [0.05, 0.1) is 6.61 Å². The van der Waals surface area contributed by atoms with E-state index in [1.165, 1.54) is 115 Å². The van der Waals surface area contributed by atoms with Crippen LogP contribution in [0.2, 0.25) is 0 Å². The summed E-state index contributed by atoms with van der Waals surface area (Å²) in [6, 6.07) is 18.3. The lowest BCUT2D eigenvalue weighted by molar-refractivity contribution is -0.116. The summed E-state index contributed by atoms with van der Waals surface area (Å²) in [5.74, 6) is 0.919. The summed E-state index contributed by atoms with van der Waals surface area (Å²) >= 11 is 0. The number of anilines is 1. The molecule has 1 N–H and O–H groups in total. The van der Waals surface area contributed by atoms with Gasteiger partial charge in [-0.05, 0) is 37.0 Å². The van der Waals surface area contributed by atoms with Crippen LogP contribution < -0.4 is 10.1 Å². The van der Waals surface area contributed by atoms with Gasteiger partial charge >= 0.3 is 0 Å². The van der Waals surface area contributed by atoms with Gasteiger partial charge in [0, 0.05) is 18.2 Å². The van der Waals surface area contributed by atoms with Crippen LogP contribution in [0.25, 0.3) is 0 Å². The van der Waals surface area contributed by atoms with E-state index in [9.17, 15) is 4.79 Å². The lowest BCUT2D eigenvalue weighted by atomic mass is 10.0. The first-order valence-corrected chi connectivity index (χ1v) is 16.8. The van der Waals surface area contributed by atoms with E-state index in [0.717, 1.165) is 37.1 Å². The van der Waals surface area contributed by atoms with Crippen LogP contribution in [-0.2, 0) is 11.2 Å². The maximum absolute atomic E-state index is 12.4. The van der Waals surface area contributed by atoms with Crippen molar-refractivity contribution in [2.45, 2.75) is 148 Å². The Hall–Kier alpha value is -2.29. The van der Waals surface area contributed by atoms with E-state index < -0.39 is 0 Å². The third-order valence-electron chi connectivity index (χ3n) is 7.85. The molecule has 0 saturated carbocycles. The van der Waals surface area contributed by atoms with Gasteiger partial charge in [-0.3, -0.25) is 4.79 Å². The standard InChI is InChI=1S/C37H59NO2/c1-2-3-4-5-6-7-8-9-10-11-12-13-14-15-16-17-18-19-23-31-37(39)38-35-29-24-30-36(33-35)40-32-25-28-34-26-21-20-22-27-34/h20-22,24,26-27,29-30,33H,2-19,23,25,28,31-32H2,1H3,(H,38,39). The van der Waals surface area contributed by atoms with E-state index in [0.29, 0.717) is 13.0 Å². The van der Waals surface area contributed by atoms with Crippen LogP contribution in [0.1, 0.15) is 147 Å². The molecule has 0 spiro atoms. The quantitative estimate of drug-likeness (QED) is 0.118. The molecule has 0 unspecified atom stereocenters. The molecule has 2 aromatic rings. The van der Waals surface area contributed by atoms with Gasteiger partial charge in [-0.1, -0.05) is 159 Å². The Bertz CT molecular complexity index is 850. The molecule has 0 aliphatic heterocycles. The fourth-order valence-corrected chi connectivity index (χ4v) is 5.36. The van der Waals surface area contributed by atoms with Gasteiger partial charge in [0.1, 0.15) is 5.75 Å². The Labute approximate surface area is 246 Å². The predicted octanol–water partition coefficient (Wildman–Crippen LogP) is 11.5. The number of carbonyl (C=O) groups is 1. The number of amides is 1. The highest BCUT2D eigenvalue weighted by Crippen LogP contribution is 2.19. The Morgan fingerprint density at radius 3 is 1.68 bits per heavy atom. The maximum atomic E-state index is 12.4. The lowest BCUT2D eigenvalue weighted by Crippen LogP contribution is -2.11. The van der Waals surface area contributed by atoms with Crippen LogP contribution in [0.3, 0.4) is 0 Å². The molecule has 0 heterocycles. The molecular formula is C37H59NO2. The minimum atomic E-state index is 0.105. The molecule has 40 heavy (non-hydrogen) atoms. The van der Waals surface area contributed by atoms with Gasteiger partial charge in [0.2, 0.25) is 5.91 Å². The average molecular weight is 550 g/mol. The van der Waals surface area contributed by atoms with Crippen molar-refractivity contribution in [1.82, 2.24) is 0 Å². The zero-order chi connectivity index (χ0) is 28.4. The van der Waals surface area contributed by atoms with Crippen LogP contribution in [0.5, 0.6) is 5.75 Å². The van der Waals surface area contributed by atoms with E-state index in [-0.39, 0.29) is 5.91 Å². The predicted molar refractivity (Wildman–Crippen MR) is 173 cm³/mol. The summed E-state index contributed by atoms with van der Waals surface area (Å²) in [5.41, 5.74) is 2.16. The smallest absolute Gasteiger partial charge is 0.224 e. The molecule has 224 valence electrons. The van der Waals surface area contributed by atoms with Crippen LogP contribution in [0.4, 0.5) is 5.69 Å². The third kappa shape index (κ3) is 18.9. The summed E-state index contributed by atoms with van der Waals surface area (Å²) in [6.07, 6.45) is 28.6. The summed E-state index contributed by atoms with van der Waals surface area (Å²) < 4.78 is 5.90. The van der Waals surface area contributed by atoms with E-state index in [4.69, 9.17) is 4.74 Å². The Morgan fingerprint density at radius 1 is 0.600 bits per heavy atom. The van der Waals surface area contributed by atoms with Crippen molar-refractivity contribution >= 4 is 11.6 Å². The number of hydrogen-bond donors (Lipinski definition) is 1. The van der Waals surface area contributed by atoms with E-state index >= 15 is 0 Å². The van der Waals surface area contributed by atoms with Crippen molar-refractivity contribution in [1.29, 1.82) is 0 Å². The van der Waals surface area contributed by atoms with Crippen LogP contribution >= 0.6 is 0 Å². The molecule has 1 amide bonds. The normalized spacial score (nSPS) is 11.0. The lowest BCUT2D eigenvalue weighted by Gasteiger charge is -2.09. The highest BCUT2D eigenvalue weighted by Gasteiger charge is 2.04. The Kier molecular flexibility index (Phi) is 20.8. The molecule has 0 saturated heterocycles. The van der Waals surface area contributed by atoms with Gasteiger partial charge in [-0.2, -0.15) is 0 Å². The Morgan fingerprint density at radius 2 is 1.12 bits per heavy atom. The summed E-state index contributed by atoms with van der Waals surface area (Å²) in [4.78, 5) is 12.4. The fourth-order valence-electron chi connectivity index (χ4n) is 5.36. The number of ether oxygens (including phenoxy) is 1. The summed E-state index contributed by atoms with van der Waals surface area (Å²) in [6.45, 7) is 2.96. The van der Waals surface area contributed by atoms with Crippen molar-refractivity contribution in [3.8, 4) is 5.75 Å². The van der Waals surface area contributed by atoms with Crippen LogP contribution in [-0.4, -0.2) is 12.5 Å². The highest BCUT2D eigenvalue weighted by atomic mass is 16.5. The van der Waals surface area contributed by atoms with Gasteiger partial charge in [-0.15, -0.1) is 0 Å². The fraction of sp³-hybridized carbons (Fsp3) is 0.649. The van der Waals surface area contributed by atoms with E-state index in [1.807, 2.05) is 30.3 Å². The minimum absolute atomic E-state index is 0.105. The second kappa shape index (κ2) is 24.5. The first-order chi connectivity index (χ1) is 19.8. The van der Waals surface area contributed by atoms with Crippen molar-refractivity contribution in [3.63, 3.8) is 0 Å². The summed E-state index contributed by atoms with van der Waals surface area (Å²) in [5, 5.41) is 3.04. The zero-order valence-corrected chi connectivity index (χ0v) is 25.8. The molecule has 2 rings (SSSR count). The molecule has 0 fully saturated rings. The van der Waals surface area contributed by atoms with Gasteiger partial charge in [-0.25, -0.2) is 0 Å². The molecule has 3 nitrogen and oxygen atoms in total. The van der Waals surface area contributed by atoms with Gasteiger partial charge in [0.15, 0.2) is 0 Å². The molecule has 0 radical (unpaired) electrons. The number of rotatable bonds is 26. The van der Waals surface area contributed by atoms with Crippen LogP contribution in [0.15, 0.2) is 54.6 Å². The second-order valence-corrected chi connectivity index (χ2v) is 11.6. The molecule has 3 heteroatoms. The first kappa shape index (κ1) is 33.9. The summed E-state index contributed by atoms with van der Waals surface area (Å²) in [7, 11) is 0. The number of carbonyl (C=O) groups excluding carboxylic acids is 1. The van der Waals surface area contributed by atoms with Crippen molar-refractivity contribution < 1.29 is 9.53 Å².